The number of cyclic esters (lactones) is 1. The number of pyridine rings is 1. The molecule has 0 radical (unpaired) electrons. The van der Waals surface area contributed by atoms with Gasteiger partial charge >= 0.3 is 5.97 Å². The van der Waals surface area contributed by atoms with Gasteiger partial charge in [0.15, 0.2) is 0 Å². The highest BCUT2D eigenvalue weighted by molar-refractivity contribution is 6.35. The Morgan fingerprint density at radius 3 is 2.48 bits per heavy atom. The zero-order chi connectivity index (χ0) is 21.5. The van der Waals surface area contributed by atoms with Gasteiger partial charge in [-0.3, -0.25) is 9.78 Å². The minimum atomic E-state index is -0.113. The van der Waals surface area contributed by atoms with Gasteiger partial charge in [-0.25, -0.2) is 0 Å². The van der Waals surface area contributed by atoms with E-state index in [4.69, 9.17) is 32.9 Å². The molecule has 0 spiro atoms. The lowest BCUT2D eigenvalue weighted by molar-refractivity contribution is -0.143. The van der Waals surface area contributed by atoms with Gasteiger partial charge in [-0.2, -0.15) is 0 Å². The molecule has 1 aliphatic carbocycles. The Kier molecular flexibility index (Phi) is 5.49. The first-order valence-electron chi connectivity index (χ1n) is 10.7. The minimum Gasteiger partial charge on any atom is -0.462 e. The van der Waals surface area contributed by atoms with E-state index in [1.54, 1.807) is 12.1 Å². The van der Waals surface area contributed by atoms with Crippen LogP contribution in [0.4, 0.5) is 0 Å². The van der Waals surface area contributed by atoms with Crippen LogP contribution in [0.5, 0.6) is 0 Å². The van der Waals surface area contributed by atoms with Crippen LogP contribution in [0, 0.1) is 11.8 Å². The Bertz CT molecular complexity index is 1100. The summed E-state index contributed by atoms with van der Waals surface area (Å²) in [6, 6.07) is 20.1. The number of nitrogens with zero attached hydrogens (tertiary/aromatic N) is 1. The number of fused-ring (bicyclic) bond motifs is 1. The number of rotatable bonds is 3. The van der Waals surface area contributed by atoms with Gasteiger partial charge in [0.25, 0.3) is 0 Å². The molecule has 3 nitrogen and oxygen atoms in total. The smallest absolute Gasteiger partial charge is 0.309 e. The molecule has 1 aliphatic heterocycles. The van der Waals surface area contributed by atoms with Crippen LogP contribution in [0.2, 0.25) is 10.0 Å². The number of carbonyl (C=O) groups is 1. The van der Waals surface area contributed by atoms with Crippen molar-refractivity contribution in [1.29, 1.82) is 0 Å². The van der Waals surface area contributed by atoms with Gasteiger partial charge in [0, 0.05) is 44.9 Å². The van der Waals surface area contributed by atoms with E-state index in [9.17, 15) is 4.79 Å². The Morgan fingerprint density at radius 2 is 1.74 bits per heavy atom. The van der Waals surface area contributed by atoms with Crippen LogP contribution in [0.3, 0.4) is 0 Å². The van der Waals surface area contributed by atoms with E-state index < -0.39 is 0 Å². The number of carbonyl (C=O) groups excluding carboxylic acids is 1. The second-order valence-corrected chi connectivity index (χ2v) is 9.39. The molecule has 0 N–H and O–H groups in total. The molecule has 5 rings (SSSR count). The summed E-state index contributed by atoms with van der Waals surface area (Å²) in [6.45, 7) is 2.02. The summed E-state index contributed by atoms with van der Waals surface area (Å²) in [5.74, 6) is 0.429. The monoisotopic (exact) mass is 451 g/mol. The fourth-order valence-electron chi connectivity index (χ4n) is 5.45. The van der Waals surface area contributed by atoms with E-state index in [0.29, 0.717) is 16.0 Å². The fraction of sp³-hybridized carbons (Fsp3) is 0.308. The molecule has 2 fully saturated rings. The van der Waals surface area contributed by atoms with Crippen LogP contribution < -0.4 is 0 Å². The van der Waals surface area contributed by atoms with E-state index in [-0.39, 0.29) is 29.8 Å². The normalized spacial score (nSPS) is 27.6. The quantitative estimate of drug-likeness (QED) is 0.406. The molecule has 5 heteroatoms. The highest BCUT2D eigenvalue weighted by atomic mass is 35.5. The van der Waals surface area contributed by atoms with E-state index >= 15 is 0 Å². The van der Waals surface area contributed by atoms with Crippen LogP contribution in [0.25, 0.3) is 11.1 Å². The molecule has 1 saturated carbocycles. The third kappa shape index (κ3) is 3.75. The largest absolute Gasteiger partial charge is 0.462 e. The van der Waals surface area contributed by atoms with E-state index in [0.717, 1.165) is 29.7 Å². The summed E-state index contributed by atoms with van der Waals surface area (Å²) in [6.07, 6.45) is 3.56. The molecule has 2 unspecified atom stereocenters. The molecule has 2 heterocycles. The molecule has 0 amide bonds. The van der Waals surface area contributed by atoms with Crippen molar-refractivity contribution in [2.45, 2.75) is 37.7 Å². The second kappa shape index (κ2) is 8.29. The maximum absolute atomic E-state index is 12.5. The molecular weight excluding hydrogens is 429 g/mol. The highest BCUT2D eigenvalue weighted by Gasteiger charge is 2.52. The van der Waals surface area contributed by atoms with Crippen LogP contribution in [0.1, 0.15) is 42.9 Å². The van der Waals surface area contributed by atoms with Crippen molar-refractivity contribution in [2.75, 3.05) is 0 Å². The highest BCUT2D eigenvalue weighted by Crippen LogP contribution is 2.53. The summed E-state index contributed by atoms with van der Waals surface area (Å²) in [4.78, 5) is 17.4. The van der Waals surface area contributed by atoms with Gasteiger partial charge in [-0.1, -0.05) is 59.6 Å². The predicted molar refractivity (Wildman–Crippen MR) is 123 cm³/mol. The average molecular weight is 452 g/mol. The Hall–Kier alpha value is -2.36. The maximum Gasteiger partial charge on any atom is 0.309 e. The molecule has 1 aromatic heterocycles. The van der Waals surface area contributed by atoms with Gasteiger partial charge in [0.2, 0.25) is 0 Å². The molecule has 0 bridgehead atoms. The van der Waals surface area contributed by atoms with E-state index in [1.807, 2.05) is 31.3 Å². The first-order valence-corrected chi connectivity index (χ1v) is 11.5. The average Bonchev–Trinajstić information content (AvgIpc) is 3.09. The third-order valence-electron chi connectivity index (χ3n) is 6.84. The summed E-state index contributed by atoms with van der Waals surface area (Å²) >= 11 is 12.6. The number of halogens is 2. The lowest BCUT2D eigenvalue weighted by Gasteiger charge is -2.39. The first-order chi connectivity index (χ1) is 15.0. The maximum atomic E-state index is 12.5. The standard InChI is InChI=1S/C26H23Cl2NO2/c1-15-24-20(26(30)31-15)10-9-19(16-5-3-2-4-6-16)25(24)23-12-7-17(14-29-23)21-13-18(27)8-11-22(21)28/h2-8,11-15,19-20,24-25H,9-10H2,1H3/t15-,19?,20?,24-,25-/m1/s1. The Labute approximate surface area is 192 Å². The number of ether oxygens (including phenoxy) is 1. The van der Waals surface area contributed by atoms with Gasteiger partial charge in [0.1, 0.15) is 6.10 Å². The van der Waals surface area contributed by atoms with Crippen LogP contribution >= 0.6 is 23.2 Å². The molecule has 2 aromatic carbocycles. The van der Waals surface area contributed by atoms with Crippen LogP contribution in [-0.2, 0) is 9.53 Å². The molecule has 31 heavy (non-hydrogen) atoms. The van der Waals surface area contributed by atoms with Gasteiger partial charge in [-0.05, 0) is 55.5 Å². The summed E-state index contributed by atoms with van der Waals surface area (Å²) in [7, 11) is 0. The van der Waals surface area contributed by atoms with Gasteiger partial charge < -0.3 is 4.74 Å². The van der Waals surface area contributed by atoms with Crippen molar-refractivity contribution in [2.24, 2.45) is 11.8 Å². The Morgan fingerprint density at radius 1 is 0.968 bits per heavy atom. The number of hydrogen-bond donors (Lipinski definition) is 0. The number of hydrogen-bond acceptors (Lipinski definition) is 3. The van der Waals surface area contributed by atoms with Crippen molar-refractivity contribution in [1.82, 2.24) is 4.98 Å². The lowest BCUT2D eigenvalue weighted by atomic mass is 9.63. The lowest BCUT2D eigenvalue weighted by Crippen LogP contribution is -2.35. The minimum absolute atomic E-state index is 0.0520. The third-order valence-corrected chi connectivity index (χ3v) is 7.41. The van der Waals surface area contributed by atoms with Crippen molar-refractivity contribution in [3.8, 4) is 11.1 Å². The van der Waals surface area contributed by atoms with E-state index in [2.05, 4.69) is 30.3 Å². The summed E-state index contributed by atoms with van der Waals surface area (Å²) in [5, 5.41) is 1.28. The number of aromatic nitrogens is 1. The van der Waals surface area contributed by atoms with Gasteiger partial charge in [0.05, 0.1) is 5.92 Å². The topological polar surface area (TPSA) is 39.2 Å². The Balaban J connectivity index is 1.55. The number of benzene rings is 2. The van der Waals surface area contributed by atoms with Crippen molar-refractivity contribution in [3.05, 3.63) is 88.2 Å². The van der Waals surface area contributed by atoms with Crippen molar-refractivity contribution < 1.29 is 9.53 Å². The predicted octanol–water partition coefficient (Wildman–Crippen LogP) is 6.89. The molecule has 3 aromatic rings. The zero-order valence-corrected chi connectivity index (χ0v) is 18.7. The zero-order valence-electron chi connectivity index (χ0n) is 17.2. The molecular formula is C26H23Cl2NO2. The summed E-state index contributed by atoms with van der Waals surface area (Å²) in [5.41, 5.74) is 4.07. The molecule has 158 valence electrons. The van der Waals surface area contributed by atoms with Crippen molar-refractivity contribution >= 4 is 29.2 Å². The SMILES string of the molecule is C[C@H]1OC(=O)C2CCC(c3ccccc3)[C@H](c3ccc(-c4cc(Cl)ccc4Cl)cn3)[C@@H]21. The number of esters is 1. The van der Waals surface area contributed by atoms with E-state index in [1.165, 1.54) is 5.56 Å². The molecule has 2 aliphatic rings. The fourth-order valence-corrected chi connectivity index (χ4v) is 5.85. The van der Waals surface area contributed by atoms with Gasteiger partial charge in [-0.15, -0.1) is 0 Å². The summed E-state index contributed by atoms with van der Waals surface area (Å²) < 4.78 is 5.67. The first kappa shape index (κ1) is 20.5. The van der Waals surface area contributed by atoms with Crippen LogP contribution in [-0.4, -0.2) is 17.1 Å². The second-order valence-electron chi connectivity index (χ2n) is 8.54. The van der Waals surface area contributed by atoms with Crippen LogP contribution in [0.15, 0.2) is 66.9 Å². The molecule has 5 atom stereocenters. The molecule has 1 saturated heterocycles. The van der Waals surface area contributed by atoms with Crippen molar-refractivity contribution in [3.63, 3.8) is 0 Å².